The van der Waals surface area contributed by atoms with Crippen LogP contribution in [0.4, 0.5) is 0 Å². The van der Waals surface area contributed by atoms with E-state index in [2.05, 4.69) is 10.1 Å². The van der Waals surface area contributed by atoms with Gasteiger partial charge >= 0.3 is 0 Å². The average molecular weight is 227 g/mol. The van der Waals surface area contributed by atoms with E-state index in [0.717, 1.165) is 39.1 Å². The molecular formula is C11H21N3O2. The highest BCUT2D eigenvalue weighted by Crippen LogP contribution is 2.21. The highest BCUT2D eigenvalue weighted by atomic mass is 16.5. The topological polar surface area (TPSA) is 71.1 Å². The minimum atomic E-state index is 0.124. The van der Waals surface area contributed by atoms with E-state index in [1.54, 1.807) is 0 Å². The minimum absolute atomic E-state index is 0.124. The molecule has 5 heteroatoms. The molecule has 16 heavy (non-hydrogen) atoms. The molecule has 2 rings (SSSR count). The van der Waals surface area contributed by atoms with Gasteiger partial charge in [-0.3, -0.25) is 4.90 Å². The fraction of sp³-hybridized carbons (Fsp3) is 0.909. The van der Waals surface area contributed by atoms with E-state index in [1.807, 2.05) is 0 Å². The van der Waals surface area contributed by atoms with E-state index in [1.165, 1.54) is 12.8 Å². The van der Waals surface area contributed by atoms with Gasteiger partial charge in [0, 0.05) is 13.2 Å². The molecule has 92 valence electrons. The lowest BCUT2D eigenvalue weighted by molar-refractivity contribution is 0.139. The number of oxime groups is 1. The average Bonchev–Trinajstić information content (AvgIpc) is 2.82. The van der Waals surface area contributed by atoms with Crippen molar-refractivity contribution in [2.45, 2.75) is 31.7 Å². The smallest absolute Gasteiger partial charge is 0.156 e. The third-order valence-corrected chi connectivity index (χ3v) is 3.59. The Kier molecular flexibility index (Phi) is 4.01. The van der Waals surface area contributed by atoms with Gasteiger partial charge in [-0.25, -0.2) is 0 Å². The summed E-state index contributed by atoms with van der Waals surface area (Å²) in [5.74, 6) is 0.978. The van der Waals surface area contributed by atoms with Crippen molar-refractivity contribution in [1.82, 2.24) is 4.90 Å². The number of nitrogens with zero attached hydrogens (tertiary/aromatic N) is 2. The summed E-state index contributed by atoms with van der Waals surface area (Å²) < 4.78 is 5.38. The molecule has 2 atom stereocenters. The predicted octanol–water partition coefficient (Wildman–Crippen LogP) is 0.624. The quantitative estimate of drug-likeness (QED) is 0.321. The van der Waals surface area contributed by atoms with Crippen LogP contribution in [0.5, 0.6) is 0 Å². The highest BCUT2D eigenvalue weighted by molar-refractivity contribution is 5.85. The Morgan fingerprint density at radius 3 is 3.00 bits per heavy atom. The molecule has 3 N–H and O–H groups in total. The maximum Gasteiger partial charge on any atom is 0.156 e. The van der Waals surface area contributed by atoms with E-state index in [-0.39, 0.29) is 6.04 Å². The Balaban J connectivity index is 1.93. The highest BCUT2D eigenvalue weighted by Gasteiger charge is 2.29. The molecule has 2 heterocycles. The van der Waals surface area contributed by atoms with E-state index in [9.17, 15) is 0 Å². The third kappa shape index (κ3) is 2.65. The Hall–Kier alpha value is -0.810. The SMILES string of the molecule is NC(=NO)C1CCCCN1CC1CCOC1. The molecule has 2 fully saturated rings. The van der Waals surface area contributed by atoms with Crippen molar-refractivity contribution in [1.29, 1.82) is 0 Å². The van der Waals surface area contributed by atoms with Crippen molar-refractivity contribution >= 4 is 5.84 Å². The normalized spacial score (nSPS) is 33.1. The van der Waals surface area contributed by atoms with E-state index in [4.69, 9.17) is 15.7 Å². The standard InChI is InChI=1S/C11H21N3O2/c12-11(13-15)10-3-1-2-5-14(10)7-9-4-6-16-8-9/h9-10,15H,1-8H2,(H2,12,13). The molecule has 0 saturated carbocycles. The second-order valence-corrected chi connectivity index (χ2v) is 4.76. The summed E-state index contributed by atoms with van der Waals surface area (Å²) in [5.41, 5.74) is 5.74. The first kappa shape index (κ1) is 11.7. The first-order valence-corrected chi connectivity index (χ1v) is 6.10. The molecule has 2 saturated heterocycles. The van der Waals surface area contributed by atoms with Gasteiger partial charge in [-0.05, 0) is 31.7 Å². The van der Waals surface area contributed by atoms with Gasteiger partial charge in [0.15, 0.2) is 5.84 Å². The number of likely N-dealkylation sites (tertiary alicyclic amines) is 1. The van der Waals surface area contributed by atoms with Crippen molar-refractivity contribution in [3.05, 3.63) is 0 Å². The van der Waals surface area contributed by atoms with Crippen LogP contribution in [0.3, 0.4) is 0 Å². The summed E-state index contributed by atoms with van der Waals surface area (Å²) in [6.07, 6.45) is 4.52. The molecule has 2 aliphatic rings. The summed E-state index contributed by atoms with van der Waals surface area (Å²) in [4.78, 5) is 2.35. The third-order valence-electron chi connectivity index (χ3n) is 3.59. The molecule has 0 radical (unpaired) electrons. The number of rotatable bonds is 3. The second-order valence-electron chi connectivity index (χ2n) is 4.76. The molecule has 0 aliphatic carbocycles. The van der Waals surface area contributed by atoms with Crippen molar-refractivity contribution in [3.63, 3.8) is 0 Å². The molecule has 0 spiro atoms. The van der Waals surface area contributed by atoms with E-state index in [0.29, 0.717) is 11.8 Å². The van der Waals surface area contributed by atoms with Gasteiger partial charge in [0.1, 0.15) is 0 Å². The van der Waals surface area contributed by atoms with Gasteiger partial charge in [0.25, 0.3) is 0 Å². The summed E-state index contributed by atoms with van der Waals surface area (Å²) in [7, 11) is 0. The van der Waals surface area contributed by atoms with Gasteiger partial charge in [-0.1, -0.05) is 11.6 Å². The minimum Gasteiger partial charge on any atom is -0.409 e. The summed E-state index contributed by atoms with van der Waals surface area (Å²) >= 11 is 0. The number of hydrogen-bond acceptors (Lipinski definition) is 4. The van der Waals surface area contributed by atoms with Crippen molar-refractivity contribution in [3.8, 4) is 0 Å². The lowest BCUT2D eigenvalue weighted by Crippen LogP contribution is -2.49. The maximum absolute atomic E-state index is 8.78. The maximum atomic E-state index is 8.78. The Bertz CT molecular complexity index is 252. The van der Waals surface area contributed by atoms with Crippen LogP contribution in [-0.4, -0.2) is 48.3 Å². The molecule has 0 amide bonds. The van der Waals surface area contributed by atoms with Crippen LogP contribution in [0.25, 0.3) is 0 Å². The molecule has 0 aromatic heterocycles. The van der Waals surface area contributed by atoms with E-state index < -0.39 is 0 Å². The second kappa shape index (κ2) is 5.50. The predicted molar refractivity (Wildman–Crippen MR) is 61.5 cm³/mol. The number of amidine groups is 1. The molecule has 5 nitrogen and oxygen atoms in total. The zero-order chi connectivity index (χ0) is 11.4. The lowest BCUT2D eigenvalue weighted by atomic mass is 9.98. The molecule has 0 aromatic rings. The zero-order valence-corrected chi connectivity index (χ0v) is 9.64. The van der Waals surface area contributed by atoms with Gasteiger partial charge in [-0.2, -0.15) is 0 Å². The lowest BCUT2D eigenvalue weighted by Gasteiger charge is -2.36. The van der Waals surface area contributed by atoms with Crippen LogP contribution in [0.15, 0.2) is 5.16 Å². The number of piperidine rings is 1. The summed E-state index contributed by atoms with van der Waals surface area (Å²) in [6, 6.07) is 0.124. The van der Waals surface area contributed by atoms with Crippen LogP contribution in [0, 0.1) is 5.92 Å². The van der Waals surface area contributed by atoms with Crippen LogP contribution in [0.2, 0.25) is 0 Å². The Morgan fingerprint density at radius 1 is 1.44 bits per heavy atom. The van der Waals surface area contributed by atoms with Gasteiger partial charge in [0.05, 0.1) is 12.6 Å². The van der Waals surface area contributed by atoms with Crippen molar-refractivity contribution in [2.75, 3.05) is 26.3 Å². The van der Waals surface area contributed by atoms with E-state index >= 15 is 0 Å². The van der Waals surface area contributed by atoms with Gasteiger partial charge in [-0.15, -0.1) is 0 Å². The van der Waals surface area contributed by atoms with Crippen LogP contribution in [0.1, 0.15) is 25.7 Å². The number of ether oxygens (including phenoxy) is 1. The molecular weight excluding hydrogens is 206 g/mol. The van der Waals surface area contributed by atoms with Gasteiger partial charge < -0.3 is 15.7 Å². The zero-order valence-electron chi connectivity index (χ0n) is 9.64. The molecule has 2 aliphatic heterocycles. The molecule has 0 bridgehead atoms. The largest absolute Gasteiger partial charge is 0.409 e. The fourth-order valence-corrected chi connectivity index (χ4v) is 2.67. The Morgan fingerprint density at radius 2 is 2.31 bits per heavy atom. The monoisotopic (exact) mass is 227 g/mol. The number of nitrogens with two attached hydrogens (primary N) is 1. The first-order valence-electron chi connectivity index (χ1n) is 6.10. The van der Waals surface area contributed by atoms with Crippen molar-refractivity contribution in [2.24, 2.45) is 16.8 Å². The van der Waals surface area contributed by atoms with Crippen LogP contribution in [-0.2, 0) is 4.74 Å². The van der Waals surface area contributed by atoms with Gasteiger partial charge in [0.2, 0.25) is 0 Å². The summed E-state index contributed by atoms with van der Waals surface area (Å²) in [6.45, 7) is 3.81. The van der Waals surface area contributed by atoms with Crippen LogP contribution >= 0.6 is 0 Å². The Labute approximate surface area is 96.2 Å². The summed E-state index contributed by atoms with van der Waals surface area (Å²) in [5, 5.41) is 11.9. The fourth-order valence-electron chi connectivity index (χ4n) is 2.67. The molecule has 2 unspecified atom stereocenters. The first-order chi connectivity index (χ1) is 7.81. The van der Waals surface area contributed by atoms with Crippen molar-refractivity contribution < 1.29 is 9.94 Å². The molecule has 0 aromatic carbocycles. The van der Waals surface area contributed by atoms with Crippen LogP contribution < -0.4 is 5.73 Å². The number of hydrogen-bond donors (Lipinski definition) is 2.